The van der Waals surface area contributed by atoms with Gasteiger partial charge in [-0.05, 0) is 24.6 Å². The molecule has 0 aliphatic rings. The van der Waals surface area contributed by atoms with Crippen LogP contribution in [0.25, 0.3) is 11.1 Å². The second kappa shape index (κ2) is 4.27. The largest absolute Gasteiger partial charge is 0.298 e. The fourth-order valence-corrected chi connectivity index (χ4v) is 1.69. The molecule has 1 nitrogen and oxygen atoms in total. The monoisotopic (exact) mass is 214 g/mol. The van der Waals surface area contributed by atoms with Crippen LogP contribution in [0.2, 0.25) is 0 Å². The average molecular weight is 214 g/mol. The van der Waals surface area contributed by atoms with E-state index in [1.165, 1.54) is 6.07 Å². The minimum atomic E-state index is -0.306. The Hall–Kier alpha value is -1.96. The van der Waals surface area contributed by atoms with Gasteiger partial charge in [-0.1, -0.05) is 35.9 Å². The third-order valence-corrected chi connectivity index (χ3v) is 2.50. The Labute approximate surface area is 93.5 Å². The highest BCUT2D eigenvalue weighted by atomic mass is 19.1. The smallest absolute Gasteiger partial charge is 0.150 e. The Morgan fingerprint density at radius 3 is 2.56 bits per heavy atom. The third kappa shape index (κ3) is 1.87. The van der Waals surface area contributed by atoms with Gasteiger partial charge in [0.25, 0.3) is 0 Å². The summed E-state index contributed by atoms with van der Waals surface area (Å²) in [5, 5.41) is 0. The highest BCUT2D eigenvalue weighted by Crippen LogP contribution is 2.26. The first-order valence-electron chi connectivity index (χ1n) is 5.03. The summed E-state index contributed by atoms with van der Waals surface area (Å²) >= 11 is 0. The van der Waals surface area contributed by atoms with Gasteiger partial charge in [0.15, 0.2) is 6.29 Å². The van der Waals surface area contributed by atoms with Crippen molar-refractivity contribution in [2.75, 3.05) is 0 Å². The maximum absolute atomic E-state index is 13.7. The van der Waals surface area contributed by atoms with Crippen molar-refractivity contribution in [1.29, 1.82) is 0 Å². The zero-order chi connectivity index (χ0) is 11.5. The van der Waals surface area contributed by atoms with E-state index in [2.05, 4.69) is 0 Å². The number of hydrogen-bond donors (Lipinski definition) is 0. The molecule has 2 rings (SSSR count). The molecule has 0 amide bonds. The number of rotatable bonds is 2. The lowest BCUT2D eigenvalue weighted by Crippen LogP contribution is -1.91. The van der Waals surface area contributed by atoms with Crippen molar-refractivity contribution in [2.24, 2.45) is 0 Å². The molecule has 0 bridgehead atoms. The minimum absolute atomic E-state index is 0.306. The summed E-state index contributed by atoms with van der Waals surface area (Å²) in [6.45, 7) is 1.90. The number of aryl methyl sites for hydroxylation is 1. The first kappa shape index (κ1) is 10.6. The predicted molar refractivity (Wildman–Crippen MR) is 62.0 cm³/mol. The average Bonchev–Trinajstić information content (AvgIpc) is 2.32. The van der Waals surface area contributed by atoms with Crippen molar-refractivity contribution in [1.82, 2.24) is 0 Å². The van der Waals surface area contributed by atoms with Crippen molar-refractivity contribution in [3.05, 3.63) is 59.4 Å². The second-order valence-electron chi connectivity index (χ2n) is 3.69. The quantitative estimate of drug-likeness (QED) is 0.698. The maximum Gasteiger partial charge on any atom is 0.150 e. The van der Waals surface area contributed by atoms with Gasteiger partial charge in [-0.15, -0.1) is 0 Å². The Balaban J connectivity index is 2.66. The van der Waals surface area contributed by atoms with Crippen molar-refractivity contribution in [3.63, 3.8) is 0 Å². The summed E-state index contributed by atoms with van der Waals surface area (Å²) in [4.78, 5) is 10.9. The van der Waals surface area contributed by atoms with Gasteiger partial charge in [0, 0.05) is 11.1 Å². The van der Waals surface area contributed by atoms with Gasteiger partial charge in [0.05, 0.1) is 0 Å². The molecule has 2 aromatic rings. The molecular formula is C14H11FO. The number of aldehydes is 1. The van der Waals surface area contributed by atoms with Crippen LogP contribution in [0.1, 0.15) is 15.9 Å². The lowest BCUT2D eigenvalue weighted by molar-refractivity contribution is 0.112. The third-order valence-electron chi connectivity index (χ3n) is 2.50. The molecule has 80 valence electrons. The van der Waals surface area contributed by atoms with E-state index in [-0.39, 0.29) is 5.82 Å². The fraction of sp³-hybridized carbons (Fsp3) is 0.0714. The molecule has 0 saturated carbocycles. The maximum atomic E-state index is 13.7. The van der Waals surface area contributed by atoms with Gasteiger partial charge >= 0.3 is 0 Å². The number of benzene rings is 2. The van der Waals surface area contributed by atoms with Crippen LogP contribution in [-0.4, -0.2) is 6.29 Å². The van der Waals surface area contributed by atoms with E-state index >= 15 is 0 Å². The number of carbonyl (C=O) groups is 1. The molecular weight excluding hydrogens is 203 g/mol. The molecule has 2 aromatic carbocycles. The summed E-state index contributed by atoms with van der Waals surface area (Å²) in [6.07, 6.45) is 0.747. The van der Waals surface area contributed by atoms with Crippen molar-refractivity contribution < 1.29 is 9.18 Å². The summed E-state index contributed by atoms with van der Waals surface area (Å²) in [5.41, 5.74) is 2.59. The number of carbonyl (C=O) groups excluding carboxylic acids is 1. The van der Waals surface area contributed by atoms with Crippen LogP contribution in [0.5, 0.6) is 0 Å². The molecule has 0 spiro atoms. The first-order valence-corrected chi connectivity index (χ1v) is 5.03. The Morgan fingerprint density at radius 1 is 1.06 bits per heavy atom. The second-order valence-corrected chi connectivity index (χ2v) is 3.69. The van der Waals surface area contributed by atoms with Crippen LogP contribution in [0.15, 0.2) is 42.5 Å². The molecule has 0 unspecified atom stereocenters. The molecule has 0 heterocycles. The SMILES string of the molecule is Cc1ccc(F)c(-c2ccccc2C=O)c1. The van der Waals surface area contributed by atoms with Crippen LogP contribution in [0, 0.1) is 12.7 Å². The molecule has 0 aliphatic heterocycles. The number of halogens is 1. The molecule has 0 N–H and O–H groups in total. The highest BCUT2D eigenvalue weighted by Gasteiger charge is 2.08. The normalized spacial score (nSPS) is 10.1. The Morgan fingerprint density at radius 2 is 1.81 bits per heavy atom. The standard InChI is InChI=1S/C14H11FO/c1-10-6-7-14(15)13(8-10)12-5-3-2-4-11(12)9-16/h2-9H,1H3. The summed E-state index contributed by atoms with van der Waals surface area (Å²) in [6, 6.07) is 11.9. The van der Waals surface area contributed by atoms with Crippen LogP contribution in [0.3, 0.4) is 0 Å². The van der Waals surface area contributed by atoms with E-state index in [1.54, 1.807) is 36.4 Å². The lowest BCUT2D eigenvalue weighted by Gasteiger charge is -2.07. The molecule has 0 radical (unpaired) electrons. The van der Waals surface area contributed by atoms with Crippen molar-refractivity contribution in [3.8, 4) is 11.1 Å². The summed E-state index contributed by atoms with van der Waals surface area (Å²) < 4.78 is 13.7. The minimum Gasteiger partial charge on any atom is -0.298 e. The highest BCUT2D eigenvalue weighted by molar-refractivity contribution is 5.87. The zero-order valence-corrected chi connectivity index (χ0v) is 8.91. The van der Waals surface area contributed by atoms with Crippen LogP contribution in [0.4, 0.5) is 4.39 Å². The summed E-state index contributed by atoms with van der Waals surface area (Å²) in [5.74, 6) is -0.306. The van der Waals surface area contributed by atoms with Crippen LogP contribution < -0.4 is 0 Å². The van der Waals surface area contributed by atoms with E-state index in [4.69, 9.17) is 0 Å². The van der Waals surface area contributed by atoms with Gasteiger partial charge in [0.2, 0.25) is 0 Å². The molecule has 0 aromatic heterocycles. The van der Waals surface area contributed by atoms with Crippen LogP contribution >= 0.6 is 0 Å². The van der Waals surface area contributed by atoms with E-state index in [1.807, 2.05) is 6.92 Å². The van der Waals surface area contributed by atoms with Gasteiger partial charge < -0.3 is 0 Å². The van der Waals surface area contributed by atoms with Crippen molar-refractivity contribution in [2.45, 2.75) is 6.92 Å². The van der Waals surface area contributed by atoms with E-state index in [0.29, 0.717) is 16.7 Å². The molecule has 0 aliphatic carbocycles. The zero-order valence-electron chi connectivity index (χ0n) is 8.91. The molecule has 0 atom stereocenters. The number of hydrogen-bond acceptors (Lipinski definition) is 1. The Kier molecular flexibility index (Phi) is 2.82. The van der Waals surface area contributed by atoms with Gasteiger partial charge in [-0.25, -0.2) is 4.39 Å². The lowest BCUT2D eigenvalue weighted by atomic mass is 9.98. The van der Waals surface area contributed by atoms with Crippen LogP contribution in [-0.2, 0) is 0 Å². The van der Waals surface area contributed by atoms with Gasteiger partial charge in [-0.2, -0.15) is 0 Å². The fourth-order valence-electron chi connectivity index (χ4n) is 1.69. The van der Waals surface area contributed by atoms with E-state index in [9.17, 15) is 9.18 Å². The van der Waals surface area contributed by atoms with Gasteiger partial charge in [-0.3, -0.25) is 4.79 Å². The molecule has 0 fully saturated rings. The predicted octanol–water partition coefficient (Wildman–Crippen LogP) is 3.61. The molecule has 16 heavy (non-hydrogen) atoms. The van der Waals surface area contributed by atoms with Crippen molar-refractivity contribution >= 4 is 6.29 Å². The van der Waals surface area contributed by atoms with Gasteiger partial charge in [0.1, 0.15) is 5.82 Å². The molecule has 0 saturated heterocycles. The summed E-state index contributed by atoms with van der Waals surface area (Å²) in [7, 11) is 0. The topological polar surface area (TPSA) is 17.1 Å². The van der Waals surface area contributed by atoms with E-state index in [0.717, 1.165) is 11.8 Å². The molecule has 2 heteroatoms. The Bertz CT molecular complexity index is 532. The van der Waals surface area contributed by atoms with E-state index < -0.39 is 0 Å². The first-order chi connectivity index (χ1) is 7.72.